The van der Waals surface area contributed by atoms with Gasteiger partial charge in [-0.25, -0.2) is 13.1 Å². The summed E-state index contributed by atoms with van der Waals surface area (Å²) >= 11 is 1.51. The SMILES string of the molecule is COc1ccc(C)cc1S(=O)(=O)NCCc1cncs1. The molecule has 0 atom stereocenters. The lowest BCUT2D eigenvalue weighted by molar-refractivity contribution is 0.402. The van der Waals surface area contributed by atoms with Gasteiger partial charge in [-0.15, -0.1) is 11.3 Å². The van der Waals surface area contributed by atoms with E-state index in [4.69, 9.17) is 4.74 Å². The number of thiazole rings is 1. The number of aryl methyl sites for hydroxylation is 1. The summed E-state index contributed by atoms with van der Waals surface area (Å²) in [6.45, 7) is 2.18. The standard InChI is InChI=1S/C13H16N2O3S2/c1-10-3-4-12(18-2)13(7-10)20(16,17)15-6-5-11-8-14-9-19-11/h3-4,7-9,15H,5-6H2,1-2H3. The van der Waals surface area contributed by atoms with Crippen molar-refractivity contribution in [1.82, 2.24) is 9.71 Å². The molecule has 1 N–H and O–H groups in total. The van der Waals surface area contributed by atoms with Crippen LogP contribution in [-0.2, 0) is 16.4 Å². The van der Waals surface area contributed by atoms with E-state index in [2.05, 4.69) is 9.71 Å². The summed E-state index contributed by atoms with van der Waals surface area (Å²) in [7, 11) is -2.11. The summed E-state index contributed by atoms with van der Waals surface area (Å²) in [5.41, 5.74) is 2.60. The van der Waals surface area contributed by atoms with E-state index in [-0.39, 0.29) is 4.90 Å². The molecule has 0 amide bonds. The van der Waals surface area contributed by atoms with Crippen LogP contribution in [0, 0.1) is 6.92 Å². The molecule has 0 saturated heterocycles. The highest BCUT2D eigenvalue weighted by Gasteiger charge is 2.19. The molecule has 0 aliphatic heterocycles. The number of ether oxygens (including phenoxy) is 1. The second kappa shape index (κ2) is 6.34. The van der Waals surface area contributed by atoms with Gasteiger partial charge in [-0.1, -0.05) is 6.07 Å². The Balaban J connectivity index is 2.11. The zero-order valence-electron chi connectivity index (χ0n) is 11.3. The Hall–Kier alpha value is -1.44. The van der Waals surface area contributed by atoms with Crippen molar-refractivity contribution in [2.75, 3.05) is 13.7 Å². The largest absolute Gasteiger partial charge is 0.495 e. The number of benzene rings is 1. The summed E-state index contributed by atoms with van der Waals surface area (Å²) in [5.74, 6) is 0.348. The summed E-state index contributed by atoms with van der Waals surface area (Å²) < 4.78 is 32.3. The first-order valence-corrected chi connectivity index (χ1v) is 8.41. The van der Waals surface area contributed by atoms with E-state index in [1.807, 2.05) is 13.0 Å². The fourth-order valence-electron chi connectivity index (χ4n) is 1.75. The minimum atomic E-state index is -3.57. The van der Waals surface area contributed by atoms with E-state index < -0.39 is 10.0 Å². The van der Waals surface area contributed by atoms with E-state index in [1.54, 1.807) is 23.8 Å². The second-order valence-electron chi connectivity index (χ2n) is 4.27. The normalized spacial score (nSPS) is 11.5. The Labute approximate surface area is 122 Å². The molecule has 0 spiro atoms. The van der Waals surface area contributed by atoms with Crippen LogP contribution in [0.4, 0.5) is 0 Å². The van der Waals surface area contributed by atoms with Gasteiger partial charge < -0.3 is 4.74 Å². The third kappa shape index (κ3) is 3.56. The zero-order chi connectivity index (χ0) is 14.6. The Morgan fingerprint density at radius 3 is 2.85 bits per heavy atom. The van der Waals surface area contributed by atoms with E-state index >= 15 is 0 Å². The molecular weight excluding hydrogens is 296 g/mol. The predicted molar refractivity (Wildman–Crippen MR) is 78.7 cm³/mol. The van der Waals surface area contributed by atoms with Crippen molar-refractivity contribution in [3.8, 4) is 5.75 Å². The quantitative estimate of drug-likeness (QED) is 0.885. The first-order valence-electron chi connectivity index (χ1n) is 6.04. The molecule has 20 heavy (non-hydrogen) atoms. The highest BCUT2D eigenvalue weighted by atomic mass is 32.2. The average molecular weight is 312 g/mol. The molecule has 1 aromatic heterocycles. The van der Waals surface area contributed by atoms with Gasteiger partial charge in [0.2, 0.25) is 10.0 Å². The highest BCUT2D eigenvalue weighted by Crippen LogP contribution is 2.24. The van der Waals surface area contributed by atoms with Gasteiger partial charge in [0, 0.05) is 17.6 Å². The first kappa shape index (κ1) is 15.0. The van der Waals surface area contributed by atoms with Gasteiger partial charge in [0.25, 0.3) is 0 Å². The number of hydrogen-bond donors (Lipinski definition) is 1. The van der Waals surface area contributed by atoms with Crippen molar-refractivity contribution in [2.45, 2.75) is 18.2 Å². The molecule has 0 fully saturated rings. The predicted octanol–water partition coefficient (Wildman–Crippen LogP) is 1.98. The maximum atomic E-state index is 12.3. The lowest BCUT2D eigenvalue weighted by atomic mass is 10.2. The third-order valence-electron chi connectivity index (χ3n) is 2.76. The van der Waals surface area contributed by atoms with E-state index in [0.717, 1.165) is 10.4 Å². The first-order chi connectivity index (χ1) is 9.53. The average Bonchev–Trinajstić information content (AvgIpc) is 2.91. The van der Waals surface area contributed by atoms with Gasteiger partial charge in [0.15, 0.2) is 0 Å². The Bertz CT molecular complexity index is 667. The van der Waals surface area contributed by atoms with Gasteiger partial charge >= 0.3 is 0 Å². The van der Waals surface area contributed by atoms with Crippen LogP contribution < -0.4 is 9.46 Å². The molecule has 0 saturated carbocycles. The summed E-state index contributed by atoms with van der Waals surface area (Å²) in [5, 5.41) is 0. The van der Waals surface area contributed by atoms with Gasteiger partial charge in [0.05, 0.1) is 12.6 Å². The van der Waals surface area contributed by atoms with Crippen molar-refractivity contribution in [3.63, 3.8) is 0 Å². The Kier molecular flexibility index (Phi) is 4.74. The minimum absolute atomic E-state index is 0.171. The number of methoxy groups -OCH3 is 1. The Morgan fingerprint density at radius 2 is 2.20 bits per heavy atom. The van der Waals surface area contributed by atoms with Crippen LogP contribution >= 0.6 is 11.3 Å². The van der Waals surface area contributed by atoms with Crippen LogP contribution in [0.1, 0.15) is 10.4 Å². The van der Waals surface area contributed by atoms with Crippen molar-refractivity contribution < 1.29 is 13.2 Å². The minimum Gasteiger partial charge on any atom is -0.495 e. The van der Waals surface area contributed by atoms with Gasteiger partial charge in [-0.2, -0.15) is 0 Å². The molecule has 108 valence electrons. The number of hydrogen-bond acceptors (Lipinski definition) is 5. The summed E-state index contributed by atoms with van der Waals surface area (Å²) in [6, 6.07) is 5.08. The highest BCUT2D eigenvalue weighted by molar-refractivity contribution is 7.89. The molecule has 7 heteroatoms. The van der Waals surface area contributed by atoms with Crippen molar-refractivity contribution >= 4 is 21.4 Å². The van der Waals surface area contributed by atoms with Gasteiger partial charge in [-0.05, 0) is 31.0 Å². The molecule has 0 unspecified atom stereocenters. The lowest BCUT2D eigenvalue weighted by Gasteiger charge is -2.11. The van der Waals surface area contributed by atoms with Crippen molar-refractivity contribution in [2.24, 2.45) is 0 Å². The van der Waals surface area contributed by atoms with Crippen LogP contribution in [0.15, 0.2) is 34.8 Å². The molecule has 0 aliphatic rings. The summed E-state index contributed by atoms with van der Waals surface area (Å²) in [6.07, 6.45) is 2.37. The smallest absolute Gasteiger partial charge is 0.244 e. The molecule has 0 bridgehead atoms. The van der Waals surface area contributed by atoms with Crippen LogP contribution in [0.3, 0.4) is 0 Å². The summed E-state index contributed by atoms with van der Waals surface area (Å²) in [4.78, 5) is 5.17. The third-order valence-corrected chi connectivity index (χ3v) is 5.08. The van der Waals surface area contributed by atoms with Crippen molar-refractivity contribution in [1.29, 1.82) is 0 Å². The monoisotopic (exact) mass is 312 g/mol. The molecular formula is C13H16N2O3S2. The lowest BCUT2D eigenvalue weighted by Crippen LogP contribution is -2.26. The van der Waals surface area contributed by atoms with Crippen molar-refractivity contribution in [3.05, 3.63) is 40.3 Å². The topological polar surface area (TPSA) is 68.3 Å². The molecule has 0 radical (unpaired) electrons. The molecule has 1 heterocycles. The number of aromatic nitrogens is 1. The zero-order valence-corrected chi connectivity index (χ0v) is 12.9. The molecule has 1 aromatic carbocycles. The molecule has 0 aliphatic carbocycles. The number of rotatable bonds is 6. The number of nitrogens with zero attached hydrogens (tertiary/aromatic N) is 1. The van der Waals surface area contributed by atoms with Crippen LogP contribution in [0.2, 0.25) is 0 Å². The maximum Gasteiger partial charge on any atom is 0.244 e. The van der Waals surface area contributed by atoms with Crippen LogP contribution in [0.5, 0.6) is 5.75 Å². The fraction of sp³-hybridized carbons (Fsp3) is 0.308. The van der Waals surface area contributed by atoms with E-state index in [0.29, 0.717) is 18.7 Å². The second-order valence-corrected chi connectivity index (χ2v) is 6.98. The maximum absolute atomic E-state index is 12.3. The van der Waals surface area contributed by atoms with Crippen LogP contribution in [-0.4, -0.2) is 27.1 Å². The number of nitrogens with one attached hydrogen (secondary N) is 1. The number of sulfonamides is 1. The molecule has 5 nitrogen and oxygen atoms in total. The Morgan fingerprint density at radius 1 is 1.40 bits per heavy atom. The van der Waals surface area contributed by atoms with E-state index in [1.165, 1.54) is 18.4 Å². The van der Waals surface area contributed by atoms with Gasteiger partial charge in [-0.3, -0.25) is 4.98 Å². The van der Waals surface area contributed by atoms with E-state index in [9.17, 15) is 8.42 Å². The molecule has 2 rings (SSSR count). The van der Waals surface area contributed by atoms with Gasteiger partial charge in [0.1, 0.15) is 10.6 Å². The fourth-order valence-corrected chi connectivity index (χ4v) is 3.63. The van der Waals surface area contributed by atoms with Crippen LogP contribution in [0.25, 0.3) is 0 Å². The molecule has 2 aromatic rings.